The van der Waals surface area contributed by atoms with Crippen molar-refractivity contribution in [1.82, 2.24) is 5.32 Å². The normalized spacial score (nSPS) is 24.9. The van der Waals surface area contributed by atoms with Crippen LogP contribution in [0.25, 0.3) is 0 Å². The molecule has 0 aromatic heterocycles. The van der Waals surface area contributed by atoms with Crippen molar-refractivity contribution in [3.8, 4) is 11.8 Å². The smallest absolute Gasteiger partial charge is 0.256 e. The average molecular weight is 454 g/mol. The summed E-state index contributed by atoms with van der Waals surface area (Å²) in [5.41, 5.74) is 1.56. The third-order valence-corrected chi connectivity index (χ3v) is 6.76. The van der Waals surface area contributed by atoms with E-state index in [0.717, 1.165) is 5.56 Å². The number of nitriles is 1. The van der Waals surface area contributed by atoms with Crippen LogP contribution in [-0.2, 0) is 16.9 Å². The Labute approximate surface area is 196 Å². The number of nitro groups is 1. The number of amides is 1. The summed E-state index contributed by atoms with van der Waals surface area (Å²) < 4.78 is 6.10. The zero-order valence-electron chi connectivity index (χ0n) is 18.4. The van der Waals surface area contributed by atoms with Gasteiger partial charge < -0.3 is 10.1 Å². The molecule has 5 rings (SSSR count). The van der Waals surface area contributed by atoms with Crippen LogP contribution in [0, 0.1) is 21.4 Å². The molecule has 0 unspecified atom stereocenters. The van der Waals surface area contributed by atoms with Gasteiger partial charge in [0.25, 0.3) is 11.9 Å². The molecule has 1 fully saturated rings. The number of fused-ring (bicyclic) bond motifs is 2. The predicted molar refractivity (Wildman–Crippen MR) is 125 cm³/mol. The third kappa shape index (κ3) is 3.21. The number of nitrogens with one attached hydrogen (secondary N) is 2. The minimum atomic E-state index is -1.48. The van der Waals surface area contributed by atoms with Gasteiger partial charge in [0.15, 0.2) is 5.54 Å². The fourth-order valence-electron chi connectivity index (χ4n) is 5.32. The largest absolute Gasteiger partial charge is 0.489 e. The fourth-order valence-corrected chi connectivity index (χ4v) is 5.32. The molecule has 3 aromatic rings. The molecule has 4 atom stereocenters. The van der Waals surface area contributed by atoms with Crippen LogP contribution < -0.4 is 15.4 Å². The summed E-state index contributed by atoms with van der Waals surface area (Å²) in [7, 11) is 0. The van der Waals surface area contributed by atoms with Crippen molar-refractivity contribution in [3.63, 3.8) is 0 Å². The Morgan fingerprint density at radius 2 is 1.79 bits per heavy atom. The van der Waals surface area contributed by atoms with Crippen LogP contribution in [0.3, 0.4) is 0 Å². The van der Waals surface area contributed by atoms with Crippen LogP contribution >= 0.6 is 0 Å². The summed E-state index contributed by atoms with van der Waals surface area (Å²) in [5.74, 6) is -0.565. The van der Waals surface area contributed by atoms with Crippen LogP contribution in [0.2, 0.25) is 0 Å². The molecule has 8 heteroatoms. The van der Waals surface area contributed by atoms with E-state index in [0.29, 0.717) is 28.1 Å². The minimum Gasteiger partial charge on any atom is -0.489 e. The van der Waals surface area contributed by atoms with Crippen molar-refractivity contribution in [3.05, 3.63) is 105 Å². The maximum Gasteiger partial charge on any atom is 0.256 e. The van der Waals surface area contributed by atoms with Gasteiger partial charge in [-0.15, -0.1) is 0 Å². The van der Waals surface area contributed by atoms with E-state index in [2.05, 4.69) is 16.7 Å². The molecule has 0 aliphatic carbocycles. The lowest BCUT2D eigenvalue weighted by Gasteiger charge is -2.26. The molecular formula is C26H22N4O4. The number of para-hydroxylation sites is 2. The molecule has 2 aliphatic rings. The van der Waals surface area contributed by atoms with Crippen LogP contribution in [0.15, 0.2) is 72.8 Å². The van der Waals surface area contributed by atoms with Crippen molar-refractivity contribution in [1.29, 1.82) is 5.26 Å². The topological polar surface area (TPSA) is 117 Å². The maximum atomic E-state index is 13.2. The Hall–Kier alpha value is -4.22. The Morgan fingerprint density at radius 1 is 1.09 bits per heavy atom. The number of hydrogen-bond acceptors (Lipinski definition) is 6. The Bertz CT molecular complexity index is 1330. The molecule has 1 saturated heterocycles. The second kappa shape index (κ2) is 8.28. The van der Waals surface area contributed by atoms with Gasteiger partial charge in [-0.25, -0.2) is 0 Å². The van der Waals surface area contributed by atoms with Gasteiger partial charge in [0.05, 0.1) is 17.6 Å². The Kier molecular flexibility index (Phi) is 5.27. The van der Waals surface area contributed by atoms with Crippen molar-refractivity contribution in [2.75, 3.05) is 5.32 Å². The molecule has 2 N–H and O–H groups in total. The van der Waals surface area contributed by atoms with Gasteiger partial charge in [-0.1, -0.05) is 54.6 Å². The summed E-state index contributed by atoms with van der Waals surface area (Å²) in [6, 6.07) is 21.9. The quantitative estimate of drug-likeness (QED) is 0.448. The molecule has 1 spiro atoms. The van der Waals surface area contributed by atoms with Gasteiger partial charge in [-0.3, -0.25) is 20.2 Å². The first-order valence-electron chi connectivity index (χ1n) is 11.0. The molecule has 3 aromatic carbocycles. The Morgan fingerprint density at radius 3 is 2.59 bits per heavy atom. The average Bonchev–Trinajstić information content (AvgIpc) is 3.31. The molecular weight excluding hydrogens is 432 g/mol. The second-order valence-electron chi connectivity index (χ2n) is 8.59. The summed E-state index contributed by atoms with van der Waals surface area (Å²) in [6.45, 7) is 2.00. The van der Waals surface area contributed by atoms with Gasteiger partial charge in [0, 0.05) is 33.3 Å². The number of carbonyl (C=O) groups excluding carboxylic acids is 1. The number of carbonyl (C=O) groups is 1. The van der Waals surface area contributed by atoms with Gasteiger partial charge >= 0.3 is 0 Å². The first-order chi connectivity index (χ1) is 16.5. The Balaban J connectivity index is 1.55. The first-order valence-corrected chi connectivity index (χ1v) is 11.0. The van der Waals surface area contributed by atoms with Crippen LogP contribution in [0.5, 0.6) is 5.75 Å². The summed E-state index contributed by atoms with van der Waals surface area (Å²) in [6.07, 6.45) is 0. The van der Waals surface area contributed by atoms with Crippen LogP contribution in [-0.4, -0.2) is 22.9 Å². The lowest BCUT2D eigenvalue weighted by molar-refractivity contribution is -0.532. The number of nitrogens with zero attached hydrogens (tertiary/aromatic N) is 2. The highest BCUT2D eigenvalue weighted by molar-refractivity contribution is 6.07. The number of anilines is 1. The van der Waals surface area contributed by atoms with Crippen LogP contribution in [0.1, 0.15) is 35.1 Å². The van der Waals surface area contributed by atoms with Crippen molar-refractivity contribution >= 4 is 11.6 Å². The number of hydrogen-bond donors (Lipinski definition) is 2. The fraction of sp³-hybridized carbons (Fsp3) is 0.231. The predicted octanol–water partition coefficient (Wildman–Crippen LogP) is 3.71. The lowest BCUT2D eigenvalue weighted by Crippen LogP contribution is -2.54. The molecule has 34 heavy (non-hydrogen) atoms. The SMILES string of the molecule is C[C@@H]1N[C@]2(C(=O)Nc3ccccc32)[C@@H]([N+](=O)[O-])[C@@H]1c1ccccc1OCc1ccccc1C#N. The third-order valence-electron chi connectivity index (χ3n) is 6.76. The molecule has 0 bridgehead atoms. The van der Waals surface area contributed by atoms with E-state index in [9.17, 15) is 20.2 Å². The van der Waals surface area contributed by atoms with Crippen molar-refractivity contribution in [2.24, 2.45) is 0 Å². The van der Waals surface area contributed by atoms with E-state index >= 15 is 0 Å². The van der Waals surface area contributed by atoms with E-state index in [-0.39, 0.29) is 17.6 Å². The van der Waals surface area contributed by atoms with Crippen molar-refractivity contribution in [2.45, 2.75) is 37.1 Å². The zero-order chi connectivity index (χ0) is 23.9. The summed E-state index contributed by atoms with van der Waals surface area (Å²) in [5, 5.41) is 28.0. The minimum absolute atomic E-state index is 0.146. The summed E-state index contributed by atoms with van der Waals surface area (Å²) in [4.78, 5) is 25.4. The molecule has 8 nitrogen and oxygen atoms in total. The van der Waals surface area contributed by atoms with E-state index in [1.54, 1.807) is 48.5 Å². The standard InChI is InChI=1S/C26H22N4O4/c1-16-23(19-10-4-7-13-22(19)34-15-18-9-3-2-8-17(18)14-27)24(30(32)33)26(29-16)20-11-5-6-12-21(20)28-25(26)31/h2-13,16,23-24,29H,15H2,1H3,(H,28,31)/t16-,23-,24-,26-/m0/s1. The van der Waals surface area contributed by atoms with Gasteiger partial charge in [-0.05, 0) is 25.1 Å². The van der Waals surface area contributed by atoms with Gasteiger partial charge in [-0.2, -0.15) is 5.26 Å². The lowest BCUT2D eigenvalue weighted by atomic mass is 9.78. The van der Waals surface area contributed by atoms with Gasteiger partial charge in [0.2, 0.25) is 0 Å². The molecule has 2 aliphatic heterocycles. The first kappa shape index (κ1) is 21.6. The van der Waals surface area contributed by atoms with Crippen LogP contribution in [0.4, 0.5) is 5.69 Å². The summed E-state index contributed by atoms with van der Waals surface area (Å²) >= 11 is 0. The highest BCUT2D eigenvalue weighted by atomic mass is 16.6. The van der Waals surface area contributed by atoms with E-state index in [1.807, 2.05) is 31.2 Å². The number of rotatable bonds is 5. The molecule has 0 saturated carbocycles. The molecule has 2 heterocycles. The van der Waals surface area contributed by atoms with Gasteiger partial charge in [0.1, 0.15) is 12.4 Å². The molecule has 0 radical (unpaired) electrons. The number of benzene rings is 3. The van der Waals surface area contributed by atoms with E-state index in [1.165, 1.54) is 0 Å². The molecule has 170 valence electrons. The van der Waals surface area contributed by atoms with Crippen molar-refractivity contribution < 1.29 is 14.5 Å². The molecule has 1 amide bonds. The highest BCUT2D eigenvalue weighted by Gasteiger charge is 2.67. The maximum absolute atomic E-state index is 13.2. The van der Waals surface area contributed by atoms with E-state index in [4.69, 9.17) is 4.74 Å². The monoisotopic (exact) mass is 454 g/mol. The van der Waals surface area contributed by atoms with E-state index < -0.39 is 23.4 Å². The highest BCUT2D eigenvalue weighted by Crippen LogP contribution is 2.50. The number of ether oxygens (including phenoxy) is 1. The second-order valence-corrected chi connectivity index (χ2v) is 8.59. The zero-order valence-corrected chi connectivity index (χ0v) is 18.4.